The summed E-state index contributed by atoms with van der Waals surface area (Å²) in [6.45, 7) is 12.1. The topological polar surface area (TPSA) is 139 Å². The summed E-state index contributed by atoms with van der Waals surface area (Å²) in [6, 6.07) is -0.839. The van der Waals surface area contributed by atoms with Gasteiger partial charge in [-0.15, -0.1) is 11.3 Å². The Labute approximate surface area is 303 Å². The molecule has 2 spiro atoms. The molecule has 2 aromatic rings. The first-order valence-corrected chi connectivity index (χ1v) is 19.8. The highest BCUT2D eigenvalue weighted by atomic mass is 32.1. The molecule has 2 aliphatic carbocycles. The van der Waals surface area contributed by atoms with E-state index in [1.807, 2.05) is 16.7 Å². The lowest BCUT2D eigenvalue weighted by Crippen LogP contribution is -2.66. The maximum absolute atomic E-state index is 14.7. The molecule has 276 valence electrons. The number of nitrogens with zero attached hydrogens (tertiary/aromatic N) is 6. The Morgan fingerprint density at radius 3 is 2.49 bits per heavy atom. The van der Waals surface area contributed by atoms with Crippen LogP contribution in [0.15, 0.2) is 11.8 Å². The Hall–Kier alpha value is -2.94. The second-order valence-corrected chi connectivity index (χ2v) is 18.7. The van der Waals surface area contributed by atoms with Gasteiger partial charge in [0.05, 0.1) is 50.1 Å². The van der Waals surface area contributed by atoms with Crippen LogP contribution in [0.3, 0.4) is 0 Å². The van der Waals surface area contributed by atoms with Crippen LogP contribution >= 0.6 is 11.3 Å². The molecular formula is C37H51N7O6S. The number of thiazole rings is 1. The molecule has 13 nitrogen and oxygen atoms in total. The molecule has 0 aromatic carbocycles. The van der Waals surface area contributed by atoms with Crippen molar-refractivity contribution in [2.75, 3.05) is 70.6 Å². The van der Waals surface area contributed by atoms with E-state index in [9.17, 15) is 14.4 Å². The molecule has 0 unspecified atom stereocenters. The van der Waals surface area contributed by atoms with Crippen LogP contribution in [0.5, 0.6) is 0 Å². The molecule has 3 amide bonds. The first kappa shape index (κ1) is 33.9. The number of piperidine rings is 1. The van der Waals surface area contributed by atoms with Gasteiger partial charge < -0.3 is 34.2 Å². The molecule has 4 atom stereocenters. The highest BCUT2D eigenvalue weighted by Crippen LogP contribution is 2.55. The minimum atomic E-state index is -0.839. The number of carbonyl (C=O) groups is 3. The minimum Gasteiger partial charge on any atom is -0.380 e. The van der Waals surface area contributed by atoms with E-state index in [1.165, 1.54) is 17.7 Å². The second-order valence-electron chi connectivity index (χ2n) is 17.8. The summed E-state index contributed by atoms with van der Waals surface area (Å²) in [5.74, 6) is 0.274. The predicted octanol–water partition coefficient (Wildman–Crippen LogP) is 2.89. The van der Waals surface area contributed by atoms with E-state index in [2.05, 4.69) is 39.0 Å². The van der Waals surface area contributed by atoms with Crippen molar-refractivity contribution >= 4 is 45.2 Å². The number of aromatic nitrogens is 3. The third kappa shape index (κ3) is 5.92. The van der Waals surface area contributed by atoms with Gasteiger partial charge in [0, 0.05) is 61.4 Å². The number of hydrogen-bond acceptors (Lipinski definition) is 11. The minimum absolute atomic E-state index is 0.0111. The molecule has 8 heterocycles. The summed E-state index contributed by atoms with van der Waals surface area (Å²) in [6.07, 6.45) is 8.44. The van der Waals surface area contributed by atoms with Gasteiger partial charge in [0.25, 0.3) is 0 Å². The molecule has 2 saturated carbocycles. The van der Waals surface area contributed by atoms with E-state index in [0.717, 1.165) is 55.5 Å². The third-order valence-corrected chi connectivity index (χ3v) is 14.4. The zero-order valence-corrected chi connectivity index (χ0v) is 30.9. The van der Waals surface area contributed by atoms with E-state index >= 15 is 0 Å². The van der Waals surface area contributed by atoms with Gasteiger partial charge in [-0.2, -0.15) is 0 Å². The molecule has 2 aromatic heterocycles. The molecule has 0 radical (unpaired) electrons. The number of amides is 3. The van der Waals surface area contributed by atoms with Gasteiger partial charge >= 0.3 is 0 Å². The van der Waals surface area contributed by atoms with Gasteiger partial charge in [-0.1, -0.05) is 13.8 Å². The highest BCUT2D eigenvalue weighted by Gasteiger charge is 2.62. The predicted molar refractivity (Wildman–Crippen MR) is 189 cm³/mol. The van der Waals surface area contributed by atoms with Crippen molar-refractivity contribution in [1.82, 2.24) is 30.1 Å². The molecule has 1 N–H and O–H groups in total. The lowest BCUT2D eigenvalue weighted by molar-refractivity contribution is -0.169. The molecule has 8 fully saturated rings. The average molecular weight is 722 g/mol. The maximum atomic E-state index is 14.7. The fraction of sp³-hybridized carbons (Fsp3) is 0.784. The fourth-order valence-corrected chi connectivity index (χ4v) is 10.7. The van der Waals surface area contributed by atoms with E-state index in [4.69, 9.17) is 14.2 Å². The highest BCUT2D eigenvalue weighted by molar-refractivity contribution is 7.17. The summed E-state index contributed by atoms with van der Waals surface area (Å²) in [5.41, 5.74) is 1.94. The van der Waals surface area contributed by atoms with Crippen molar-refractivity contribution in [1.29, 1.82) is 0 Å². The Morgan fingerprint density at radius 2 is 1.80 bits per heavy atom. The first-order chi connectivity index (χ1) is 24.5. The average Bonchev–Trinajstić information content (AvgIpc) is 3.43. The number of likely N-dealkylation sites (tertiary alicyclic amines) is 2. The SMILES string of the molecule is C[C@@H](OCC12CCC(CC1)OC2)[C@H](NC(=O)[C@@H]1CN(c2ncnc3ncsc23)CC12CN(C(=O)[C@H]1CC1(C)C)C2)C(=O)N1CCCC2(COC2)C1. The van der Waals surface area contributed by atoms with Crippen molar-refractivity contribution in [2.24, 2.45) is 33.5 Å². The van der Waals surface area contributed by atoms with Crippen molar-refractivity contribution in [3.8, 4) is 0 Å². The number of anilines is 1. The molecule has 51 heavy (non-hydrogen) atoms. The summed E-state index contributed by atoms with van der Waals surface area (Å²) >= 11 is 1.49. The van der Waals surface area contributed by atoms with Crippen molar-refractivity contribution < 1.29 is 28.6 Å². The number of fused-ring (bicyclic) bond motifs is 4. The van der Waals surface area contributed by atoms with Crippen LogP contribution in [0.25, 0.3) is 10.3 Å². The molecule has 6 saturated heterocycles. The van der Waals surface area contributed by atoms with Crippen LogP contribution < -0.4 is 10.2 Å². The lowest BCUT2D eigenvalue weighted by atomic mass is 9.70. The second kappa shape index (κ2) is 12.3. The molecular weight excluding hydrogens is 671 g/mol. The van der Waals surface area contributed by atoms with Gasteiger partial charge in [-0.25, -0.2) is 15.0 Å². The Bertz CT molecular complexity index is 1680. The molecule has 14 heteroatoms. The number of ether oxygens (including phenoxy) is 3. The third-order valence-electron chi connectivity index (χ3n) is 13.6. The Balaban J connectivity index is 0.970. The Morgan fingerprint density at radius 1 is 1.02 bits per heavy atom. The maximum Gasteiger partial charge on any atom is 0.247 e. The van der Waals surface area contributed by atoms with Gasteiger partial charge in [0.15, 0.2) is 11.5 Å². The van der Waals surface area contributed by atoms with Gasteiger partial charge in [-0.3, -0.25) is 14.4 Å². The number of carbonyl (C=O) groups excluding carboxylic acids is 3. The van der Waals surface area contributed by atoms with Crippen LogP contribution in [-0.2, 0) is 28.6 Å². The summed E-state index contributed by atoms with van der Waals surface area (Å²) in [7, 11) is 0. The Kier molecular flexibility index (Phi) is 8.17. The smallest absolute Gasteiger partial charge is 0.247 e. The fourth-order valence-electron chi connectivity index (χ4n) is 9.95. The van der Waals surface area contributed by atoms with Gasteiger partial charge in [0.2, 0.25) is 17.7 Å². The zero-order valence-electron chi connectivity index (χ0n) is 30.1. The van der Waals surface area contributed by atoms with Crippen LogP contribution in [0.1, 0.15) is 65.7 Å². The van der Waals surface area contributed by atoms with Crippen LogP contribution in [0, 0.1) is 33.5 Å². The lowest BCUT2D eigenvalue weighted by Gasteiger charge is -2.51. The number of hydrogen-bond donors (Lipinski definition) is 1. The molecule has 6 aliphatic heterocycles. The standard InChI is InChI=1S/C37H51N7O6S/c1-23(49-19-35-8-5-24(6-9-35)50-20-35)27(33(47)42-10-4-7-36(13-42)17-48-18-36)41-31(45)26-12-43(30-28-29(38-21-39-30)40-22-51-28)14-37(26)15-44(16-37)32(46)25-11-34(25,2)3/h21-27H,4-20H2,1-3H3,(H,41,45)/t23-,24?,25-,26+,27+,35?/m1/s1. The number of rotatable bonds is 9. The van der Waals surface area contributed by atoms with E-state index in [-0.39, 0.29) is 39.9 Å². The summed E-state index contributed by atoms with van der Waals surface area (Å²) < 4.78 is 19.2. The van der Waals surface area contributed by atoms with Crippen LogP contribution in [-0.4, -0.2) is 126 Å². The van der Waals surface area contributed by atoms with E-state index in [1.54, 1.807) is 5.51 Å². The van der Waals surface area contributed by atoms with E-state index in [0.29, 0.717) is 77.4 Å². The summed E-state index contributed by atoms with van der Waals surface area (Å²) in [4.78, 5) is 62.2. The van der Waals surface area contributed by atoms with Gasteiger partial charge in [0.1, 0.15) is 17.1 Å². The van der Waals surface area contributed by atoms with E-state index < -0.39 is 23.5 Å². The quantitative estimate of drug-likeness (QED) is 0.412. The normalized spacial score (nSPS) is 32.5. The monoisotopic (exact) mass is 721 g/mol. The first-order valence-electron chi connectivity index (χ1n) is 19.0. The number of nitrogens with one attached hydrogen (secondary N) is 1. The molecule has 8 aliphatic rings. The van der Waals surface area contributed by atoms with Crippen molar-refractivity contribution in [2.45, 2.75) is 84.0 Å². The van der Waals surface area contributed by atoms with Crippen molar-refractivity contribution in [3.63, 3.8) is 0 Å². The van der Waals surface area contributed by atoms with Crippen LogP contribution in [0.4, 0.5) is 5.82 Å². The van der Waals surface area contributed by atoms with Gasteiger partial charge in [-0.05, 0) is 57.3 Å². The molecule has 2 bridgehead atoms. The van der Waals surface area contributed by atoms with Crippen molar-refractivity contribution in [3.05, 3.63) is 11.8 Å². The van der Waals surface area contributed by atoms with Crippen LogP contribution in [0.2, 0.25) is 0 Å². The summed E-state index contributed by atoms with van der Waals surface area (Å²) in [5, 5.41) is 3.28. The zero-order chi connectivity index (χ0) is 35.2. The largest absolute Gasteiger partial charge is 0.380 e. The molecule has 10 rings (SSSR count).